The van der Waals surface area contributed by atoms with Gasteiger partial charge in [-0.15, -0.1) is 27.1 Å². The lowest BCUT2D eigenvalue weighted by Crippen LogP contribution is -2.73. The van der Waals surface area contributed by atoms with Gasteiger partial charge in [0.15, 0.2) is 0 Å². The Morgan fingerprint density at radius 1 is 1.14 bits per heavy atom. The molecule has 0 spiro atoms. The first-order valence-corrected chi connectivity index (χ1v) is 13.5. The van der Waals surface area contributed by atoms with Gasteiger partial charge in [-0.25, -0.2) is 9.37 Å². The van der Waals surface area contributed by atoms with Crippen LogP contribution in [0.3, 0.4) is 0 Å². The standard InChI is InChI=1S/C27H32FN7OS/c1-26-9-4-10-27(2,34-26)24(28)21(13-26)35(18-6-7-18)25-29-15-20(31-33-25)19-8-5-16(11-22(19)36)17-12-23(37-3)32-30-14-17/h5,8,11-12,14-15,18,21,24,34,36H,4,6-7,9-10,13H2,1-3H3/t21-,24-,26-,27+/m1/s1/i3D3. The number of hydrogen-bond acceptors (Lipinski definition) is 9. The van der Waals surface area contributed by atoms with Crippen molar-refractivity contribution in [2.45, 2.75) is 86.7 Å². The quantitative estimate of drug-likeness (QED) is 0.441. The summed E-state index contributed by atoms with van der Waals surface area (Å²) in [5.41, 5.74) is 1.43. The largest absolute Gasteiger partial charge is 0.507 e. The van der Waals surface area contributed by atoms with E-state index in [1.165, 1.54) is 6.20 Å². The second kappa shape index (κ2) is 9.16. The third kappa shape index (κ3) is 4.54. The monoisotopic (exact) mass is 524 g/mol. The second-order valence-corrected chi connectivity index (χ2v) is 11.7. The molecule has 1 aromatic carbocycles. The zero-order chi connectivity index (χ0) is 28.3. The van der Waals surface area contributed by atoms with E-state index in [0.29, 0.717) is 46.5 Å². The number of aromatic hydroxyl groups is 1. The van der Waals surface area contributed by atoms with Crippen molar-refractivity contribution in [2.24, 2.45) is 0 Å². The first-order chi connectivity index (χ1) is 18.9. The Morgan fingerprint density at radius 2 is 2.00 bits per heavy atom. The molecule has 0 radical (unpaired) electrons. The van der Waals surface area contributed by atoms with Gasteiger partial charge in [0.1, 0.15) is 22.6 Å². The fourth-order valence-corrected chi connectivity index (χ4v) is 6.45. The van der Waals surface area contributed by atoms with E-state index < -0.39 is 17.9 Å². The molecule has 2 aromatic heterocycles. The summed E-state index contributed by atoms with van der Waals surface area (Å²) in [6.45, 7) is 4.19. The van der Waals surface area contributed by atoms with Crippen molar-refractivity contribution in [3.63, 3.8) is 0 Å². The molecule has 6 rings (SSSR count). The van der Waals surface area contributed by atoms with Crippen LogP contribution in [0, 0.1) is 0 Å². The van der Waals surface area contributed by atoms with E-state index >= 15 is 4.39 Å². The number of benzene rings is 1. The molecule has 0 unspecified atom stereocenters. The molecule has 2 saturated heterocycles. The number of anilines is 1. The van der Waals surface area contributed by atoms with Crippen LogP contribution < -0.4 is 10.2 Å². The van der Waals surface area contributed by atoms with Gasteiger partial charge in [-0.2, -0.15) is 5.10 Å². The average Bonchev–Trinajstić information content (AvgIpc) is 3.72. The molecule has 8 nitrogen and oxygen atoms in total. The fraction of sp³-hybridized carbons (Fsp3) is 0.519. The number of fused-ring (bicyclic) bond motifs is 2. The van der Waals surface area contributed by atoms with Gasteiger partial charge < -0.3 is 15.3 Å². The first kappa shape index (κ1) is 21.1. The second-order valence-electron chi connectivity index (χ2n) is 11.0. The van der Waals surface area contributed by atoms with Gasteiger partial charge in [0.05, 0.1) is 18.4 Å². The van der Waals surface area contributed by atoms with Crippen LogP contribution in [-0.2, 0) is 0 Å². The number of phenolic OH excluding ortho intramolecular Hbond substituents is 1. The predicted octanol–water partition coefficient (Wildman–Crippen LogP) is 4.79. The van der Waals surface area contributed by atoms with Gasteiger partial charge in [-0.1, -0.05) is 6.07 Å². The topological polar surface area (TPSA) is 100.0 Å². The molecule has 0 amide bonds. The number of hydrogen-bond donors (Lipinski definition) is 2. The maximum absolute atomic E-state index is 16.0. The highest BCUT2D eigenvalue weighted by molar-refractivity contribution is 7.98. The van der Waals surface area contributed by atoms with E-state index in [1.807, 2.05) is 6.92 Å². The molecular weight excluding hydrogens is 489 g/mol. The van der Waals surface area contributed by atoms with Crippen molar-refractivity contribution >= 4 is 17.7 Å². The Kier molecular flexibility index (Phi) is 5.23. The highest BCUT2D eigenvalue weighted by Crippen LogP contribution is 2.46. The zero-order valence-electron chi connectivity index (χ0n) is 23.9. The van der Waals surface area contributed by atoms with Crippen molar-refractivity contribution in [3.05, 3.63) is 36.7 Å². The highest BCUT2D eigenvalue weighted by atomic mass is 32.2. The fourth-order valence-electron chi connectivity index (χ4n) is 6.18. The number of nitrogens with zero attached hydrogens (tertiary/aromatic N) is 6. The molecule has 37 heavy (non-hydrogen) atoms. The van der Waals surface area contributed by atoms with Gasteiger partial charge in [0, 0.05) is 32.4 Å². The summed E-state index contributed by atoms with van der Waals surface area (Å²) >= 11 is 0.645. The lowest BCUT2D eigenvalue weighted by Gasteiger charge is -2.57. The molecule has 1 aliphatic carbocycles. The lowest BCUT2D eigenvalue weighted by atomic mass is 9.68. The van der Waals surface area contributed by atoms with E-state index in [4.69, 9.17) is 4.11 Å². The minimum Gasteiger partial charge on any atom is -0.507 e. The molecule has 2 aliphatic heterocycles. The van der Waals surface area contributed by atoms with Gasteiger partial charge in [0.25, 0.3) is 0 Å². The van der Waals surface area contributed by atoms with E-state index in [1.54, 1.807) is 30.5 Å². The summed E-state index contributed by atoms with van der Waals surface area (Å²) in [5, 5.41) is 31.3. The number of alkyl halides is 1. The lowest BCUT2D eigenvalue weighted by molar-refractivity contribution is 0.0000874. The van der Waals surface area contributed by atoms with Crippen LogP contribution in [0.15, 0.2) is 41.7 Å². The molecule has 194 valence electrons. The summed E-state index contributed by atoms with van der Waals surface area (Å²) in [6, 6.07) is 6.55. The molecule has 3 aliphatic rings. The molecule has 4 heterocycles. The van der Waals surface area contributed by atoms with Crippen molar-refractivity contribution in [3.8, 4) is 28.1 Å². The molecule has 4 atom stereocenters. The van der Waals surface area contributed by atoms with E-state index in [9.17, 15) is 5.11 Å². The number of phenols is 1. The van der Waals surface area contributed by atoms with Crippen molar-refractivity contribution in [1.82, 2.24) is 30.7 Å². The van der Waals surface area contributed by atoms with Gasteiger partial charge in [0.2, 0.25) is 5.95 Å². The molecule has 10 heteroatoms. The summed E-state index contributed by atoms with van der Waals surface area (Å²) in [4.78, 5) is 6.67. The van der Waals surface area contributed by atoms with E-state index in [-0.39, 0.29) is 28.4 Å². The first-order valence-electron chi connectivity index (χ1n) is 14.2. The molecule has 2 N–H and O–H groups in total. The Balaban J connectivity index is 1.25. The summed E-state index contributed by atoms with van der Waals surface area (Å²) in [5.74, 6) is 0.391. The van der Waals surface area contributed by atoms with Crippen LogP contribution in [0.1, 0.15) is 56.5 Å². The summed E-state index contributed by atoms with van der Waals surface area (Å²) in [6.07, 6.45) is 5.28. The number of nitrogens with one attached hydrogen (secondary N) is 1. The number of rotatable bonds is 6. The predicted molar refractivity (Wildman–Crippen MR) is 142 cm³/mol. The average molecular weight is 525 g/mol. The third-order valence-electron chi connectivity index (χ3n) is 8.04. The number of aromatic nitrogens is 5. The van der Waals surface area contributed by atoms with Gasteiger partial charge in [-0.05, 0) is 82.3 Å². The normalized spacial score (nSPS) is 30.7. The Labute approximate surface area is 224 Å². The van der Waals surface area contributed by atoms with Crippen LogP contribution >= 0.6 is 11.8 Å². The Morgan fingerprint density at radius 3 is 2.73 bits per heavy atom. The van der Waals surface area contributed by atoms with Crippen LogP contribution in [-0.4, -0.2) is 66.0 Å². The number of piperidine rings is 2. The SMILES string of the molecule is [2H]C([2H])([2H])Sc1cc(-c2ccc(-c3cnc(N(C4CC4)[C@@H]4C[C@@]5(C)CCC[C@](C)(N5)[C@@H]4F)nn3)c(O)c2)cnn1. The Hall–Kier alpha value is -2.85. The molecule has 2 bridgehead atoms. The summed E-state index contributed by atoms with van der Waals surface area (Å²) < 4.78 is 38.3. The summed E-state index contributed by atoms with van der Waals surface area (Å²) in [7, 11) is 0. The minimum absolute atomic E-state index is 0.0295. The van der Waals surface area contributed by atoms with Gasteiger partial charge >= 0.3 is 0 Å². The van der Waals surface area contributed by atoms with Gasteiger partial charge in [-0.3, -0.25) is 0 Å². The van der Waals surface area contributed by atoms with E-state index in [0.717, 1.165) is 32.1 Å². The van der Waals surface area contributed by atoms with Crippen LogP contribution in [0.5, 0.6) is 5.75 Å². The van der Waals surface area contributed by atoms with E-state index in [2.05, 4.69) is 42.5 Å². The molecule has 3 fully saturated rings. The van der Waals surface area contributed by atoms with Crippen LogP contribution in [0.25, 0.3) is 22.4 Å². The van der Waals surface area contributed by atoms with Crippen LogP contribution in [0.2, 0.25) is 0 Å². The number of halogens is 1. The highest BCUT2D eigenvalue weighted by Gasteiger charge is 2.56. The van der Waals surface area contributed by atoms with Crippen molar-refractivity contribution in [2.75, 3.05) is 11.1 Å². The smallest absolute Gasteiger partial charge is 0.245 e. The maximum Gasteiger partial charge on any atom is 0.245 e. The third-order valence-corrected chi connectivity index (χ3v) is 8.45. The van der Waals surface area contributed by atoms with Crippen LogP contribution in [0.4, 0.5) is 10.3 Å². The molecular formula is C27H32FN7OS. The zero-order valence-corrected chi connectivity index (χ0v) is 21.7. The van der Waals surface area contributed by atoms with Crippen molar-refractivity contribution in [1.29, 1.82) is 0 Å². The van der Waals surface area contributed by atoms with Crippen molar-refractivity contribution < 1.29 is 13.6 Å². The maximum atomic E-state index is 16.0. The molecule has 3 aromatic rings. The Bertz CT molecular complexity index is 1410. The minimum atomic E-state index is -2.24. The molecule has 1 saturated carbocycles. The number of thioether (sulfide) groups is 1.